The smallest absolute Gasteiger partial charge is 0.102 e. The number of fused-ring (bicyclic) bond motifs is 5. The van der Waals surface area contributed by atoms with Gasteiger partial charge in [0.15, 0.2) is 0 Å². The van der Waals surface area contributed by atoms with E-state index in [4.69, 9.17) is 4.74 Å². The quantitative estimate of drug-likeness (QED) is 0.475. The van der Waals surface area contributed by atoms with Crippen LogP contribution in [-0.4, -0.2) is 12.2 Å². The number of rotatable bonds is 0. The van der Waals surface area contributed by atoms with Crippen molar-refractivity contribution in [2.45, 2.75) is 25.0 Å². The summed E-state index contributed by atoms with van der Waals surface area (Å²) < 4.78 is 5.67. The lowest BCUT2D eigenvalue weighted by atomic mass is 9.89. The summed E-state index contributed by atoms with van der Waals surface area (Å²) in [5.41, 5.74) is 2.87. The van der Waals surface area contributed by atoms with Gasteiger partial charge in [0.05, 0.1) is 0 Å². The average Bonchev–Trinajstić information content (AvgIpc) is 2.64. The fraction of sp³-hybridized carbons (Fsp3) is 0.400. The third-order valence-corrected chi connectivity index (χ3v) is 2.60. The Morgan fingerprint density at radius 3 is 2.09 bits per heavy atom. The van der Waals surface area contributed by atoms with Crippen LogP contribution in [0.1, 0.15) is 12.8 Å². The maximum atomic E-state index is 5.67. The van der Waals surface area contributed by atoms with Crippen LogP contribution in [0.5, 0.6) is 0 Å². The largest absolute Gasteiger partial charge is 0.357 e. The van der Waals surface area contributed by atoms with Gasteiger partial charge in [0.2, 0.25) is 0 Å². The first-order chi connectivity index (χ1) is 5.45. The molecule has 0 N–H and O–H groups in total. The zero-order valence-corrected chi connectivity index (χ0v) is 6.29. The highest BCUT2D eigenvalue weighted by atomic mass is 16.5. The molecule has 2 heterocycles. The molecule has 1 heteroatoms. The van der Waals surface area contributed by atoms with Crippen molar-refractivity contribution in [2.24, 2.45) is 0 Å². The molecule has 3 rings (SSSR count). The van der Waals surface area contributed by atoms with E-state index in [-0.39, 0.29) is 0 Å². The highest BCUT2D eigenvalue weighted by Gasteiger charge is 2.36. The van der Waals surface area contributed by atoms with Crippen LogP contribution in [0.25, 0.3) is 0 Å². The Morgan fingerprint density at radius 1 is 1.00 bits per heavy atom. The fourth-order valence-electron chi connectivity index (χ4n) is 2.08. The number of allylic oxidation sites excluding steroid dienone is 2. The number of hydrogen-bond acceptors (Lipinski definition) is 1. The molecule has 1 aliphatic carbocycles. The molecule has 0 aromatic heterocycles. The van der Waals surface area contributed by atoms with Crippen LogP contribution >= 0.6 is 0 Å². The van der Waals surface area contributed by atoms with Gasteiger partial charge < -0.3 is 4.74 Å². The van der Waals surface area contributed by atoms with Crippen molar-refractivity contribution < 1.29 is 4.74 Å². The minimum atomic E-state index is 0.298. The van der Waals surface area contributed by atoms with E-state index < -0.39 is 0 Å². The first-order valence-corrected chi connectivity index (χ1v) is 4.19. The lowest BCUT2D eigenvalue weighted by Crippen LogP contribution is -2.05. The van der Waals surface area contributed by atoms with Crippen LogP contribution in [0.15, 0.2) is 35.5 Å². The molecule has 56 valence electrons. The second-order valence-electron chi connectivity index (χ2n) is 3.26. The molecular weight excluding hydrogens is 136 g/mol. The Balaban J connectivity index is 2.15. The van der Waals surface area contributed by atoms with E-state index in [1.807, 2.05) is 0 Å². The highest BCUT2D eigenvalue weighted by Crippen LogP contribution is 2.40. The van der Waals surface area contributed by atoms with Gasteiger partial charge in [-0.2, -0.15) is 0 Å². The van der Waals surface area contributed by atoms with Crippen LogP contribution in [0, 0.1) is 0 Å². The van der Waals surface area contributed by atoms with Gasteiger partial charge in [0, 0.05) is 0 Å². The normalized spacial score (nSPS) is 38.5. The Hall–Kier alpha value is -0.820. The minimum Gasteiger partial charge on any atom is -0.357 e. The molecule has 1 fully saturated rings. The highest BCUT2D eigenvalue weighted by molar-refractivity contribution is 5.51. The molecule has 2 aliphatic heterocycles. The molecule has 2 bridgehead atoms. The van der Waals surface area contributed by atoms with E-state index in [9.17, 15) is 0 Å². The van der Waals surface area contributed by atoms with E-state index in [0.29, 0.717) is 12.2 Å². The summed E-state index contributed by atoms with van der Waals surface area (Å²) in [6, 6.07) is 0. The lowest BCUT2D eigenvalue weighted by molar-refractivity contribution is 0.138. The summed E-state index contributed by atoms with van der Waals surface area (Å²) in [5.74, 6) is 0. The molecule has 0 amide bonds. The summed E-state index contributed by atoms with van der Waals surface area (Å²) >= 11 is 0. The molecule has 1 saturated heterocycles. The SMILES string of the molecule is C1=CC2OC1C1=CCCC=C12. The van der Waals surface area contributed by atoms with E-state index in [0.717, 1.165) is 0 Å². The molecule has 0 spiro atoms. The predicted octanol–water partition coefficient (Wildman–Crippen LogP) is 1.97. The average molecular weight is 146 g/mol. The van der Waals surface area contributed by atoms with E-state index in [2.05, 4.69) is 24.3 Å². The van der Waals surface area contributed by atoms with Crippen LogP contribution in [0.3, 0.4) is 0 Å². The van der Waals surface area contributed by atoms with Crippen molar-refractivity contribution >= 4 is 0 Å². The van der Waals surface area contributed by atoms with Crippen molar-refractivity contribution in [3.05, 3.63) is 35.5 Å². The zero-order chi connectivity index (χ0) is 7.26. The minimum absolute atomic E-state index is 0.298. The maximum Gasteiger partial charge on any atom is 0.102 e. The van der Waals surface area contributed by atoms with Gasteiger partial charge in [-0.1, -0.05) is 24.3 Å². The Kier molecular flexibility index (Phi) is 0.977. The molecule has 11 heavy (non-hydrogen) atoms. The Labute approximate surface area is 66.1 Å². The maximum absolute atomic E-state index is 5.67. The summed E-state index contributed by atoms with van der Waals surface area (Å²) in [5, 5.41) is 0. The van der Waals surface area contributed by atoms with E-state index in [1.54, 1.807) is 0 Å². The van der Waals surface area contributed by atoms with Gasteiger partial charge in [-0.3, -0.25) is 0 Å². The standard InChI is InChI=1S/C10H10O/c1-2-4-8-7(3-1)9-5-6-10(8)11-9/h3-6,9-10H,1-2H2. The van der Waals surface area contributed by atoms with Gasteiger partial charge in [-0.15, -0.1) is 0 Å². The fourth-order valence-corrected chi connectivity index (χ4v) is 2.08. The number of hydrogen-bond donors (Lipinski definition) is 0. The topological polar surface area (TPSA) is 9.23 Å². The van der Waals surface area contributed by atoms with Gasteiger partial charge in [-0.25, -0.2) is 0 Å². The van der Waals surface area contributed by atoms with Crippen LogP contribution in [0.4, 0.5) is 0 Å². The summed E-state index contributed by atoms with van der Waals surface area (Å²) in [6.45, 7) is 0. The molecule has 1 nitrogen and oxygen atoms in total. The first kappa shape index (κ1) is 5.78. The van der Waals surface area contributed by atoms with Crippen LogP contribution < -0.4 is 0 Å². The van der Waals surface area contributed by atoms with Crippen LogP contribution in [-0.2, 0) is 4.74 Å². The molecule has 3 aliphatic rings. The zero-order valence-electron chi connectivity index (χ0n) is 6.29. The third-order valence-electron chi connectivity index (χ3n) is 2.60. The molecule has 0 radical (unpaired) electrons. The second-order valence-corrected chi connectivity index (χ2v) is 3.26. The predicted molar refractivity (Wildman–Crippen MR) is 43.2 cm³/mol. The summed E-state index contributed by atoms with van der Waals surface area (Å²) in [4.78, 5) is 0. The van der Waals surface area contributed by atoms with Crippen molar-refractivity contribution in [1.29, 1.82) is 0 Å². The van der Waals surface area contributed by atoms with Gasteiger partial charge in [0.25, 0.3) is 0 Å². The summed E-state index contributed by atoms with van der Waals surface area (Å²) in [6.07, 6.45) is 12.0. The van der Waals surface area contributed by atoms with Crippen molar-refractivity contribution in [3.63, 3.8) is 0 Å². The first-order valence-electron chi connectivity index (χ1n) is 4.19. The van der Waals surface area contributed by atoms with Gasteiger partial charge >= 0.3 is 0 Å². The lowest BCUT2D eigenvalue weighted by Gasteiger charge is -2.12. The molecule has 0 aromatic rings. The van der Waals surface area contributed by atoms with Crippen molar-refractivity contribution in [1.82, 2.24) is 0 Å². The molecular formula is C10H10O. The monoisotopic (exact) mass is 146 g/mol. The van der Waals surface area contributed by atoms with Crippen molar-refractivity contribution in [2.75, 3.05) is 0 Å². The molecule has 0 saturated carbocycles. The molecule has 2 atom stereocenters. The van der Waals surface area contributed by atoms with Gasteiger partial charge in [0.1, 0.15) is 12.2 Å². The third kappa shape index (κ3) is 0.641. The van der Waals surface area contributed by atoms with E-state index >= 15 is 0 Å². The molecule has 2 unspecified atom stereocenters. The van der Waals surface area contributed by atoms with E-state index in [1.165, 1.54) is 24.0 Å². The Bertz CT molecular complexity index is 255. The molecule has 0 aromatic carbocycles. The number of ether oxygens (including phenoxy) is 1. The van der Waals surface area contributed by atoms with Crippen molar-refractivity contribution in [3.8, 4) is 0 Å². The summed E-state index contributed by atoms with van der Waals surface area (Å²) in [7, 11) is 0. The van der Waals surface area contributed by atoms with Crippen LogP contribution in [0.2, 0.25) is 0 Å². The van der Waals surface area contributed by atoms with Gasteiger partial charge in [-0.05, 0) is 24.0 Å². The Morgan fingerprint density at radius 2 is 1.55 bits per heavy atom. The second kappa shape index (κ2) is 1.86.